The lowest BCUT2D eigenvalue weighted by Crippen LogP contribution is -2.25. The molecule has 0 heterocycles. The van der Waals surface area contributed by atoms with E-state index in [1.165, 1.54) is 0 Å². The largest absolute Gasteiger partial charge is 0.496 e. The number of nitrogens with zero attached hydrogens (tertiary/aromatic N) is 1. The van der Waals surface area contributed by atoms with E-state index in [4.69, 9.17) is 9.84 Å². The molecule has 0 atom stereocenters. The van der Waals surface area contributed by atoms with Gasteiger partial charge in [0.05, 0.1) is 7.11 Å². The van der Waals surface area contributed by atoms with Gasteiger partial charge in [-0.3, -0.25) is 4.90 Å². The maximum absolute atomic E-state index is 10.5. The zero-order valence-corrected chi connectivity index (χ0v) is 11.9. The van der Waals surface area contributed by atoms with Gasteiger partial charge < -0.3 is 9.84 Å². The maximum atomic E-state index is 10.5. The molecule has 1 N–H and O–H groups in total. The number of hydrogen-bond donors (Lipinski definition) is 1. The molecule has 0 aliphatic rings. The minimum atomic E-state index is -0.948. The van der Waals surface area contributed by atoms with E-state index in [2.05, 4.69) is 18.7 Å². The average Bonchev–Trinajstić information content (AvgIpc) is 2.36. The van der Waals surface area contributed by atoms with Gasteiger partial charge in [-0.25, -0.2) is 4.79 Å². The van der Waals surface area contributed by atoms with Gasteiger partial charge in [0.25, 0.3) is 0 Å². The number of methoxy groups -OCH3 is 1. The third-order valence-electron chi connectivity index (χ3n) is 3.02. The van der Waals surface area contributed by atoms with Crippen molar-refractivity contribution in [1.29, 1.82) is 0 Å². The summed E-state index contributed by atoms with van der Waals surface area (Å²) < 4.78 is 5.34. The van der Waals surface area contributed by atoms with E-state index in [9.17, 15) is 4.79 Å². The Labute approximate surface area is 114 Å². The number of rotatable bonds is 6. The summed E-state index contributed by atoms with van der Waals surface area (Å²) in [5.74, 6) is -0.128. The van der Waals surface area contributed by atoms with Crippen LogP contribution in [0.4, 0.5) is 0 Å². The van der Waals surface area contributed by atoms with Crippen LogP contribution in [0.25, 0.3) is 6.08 Å². The first kappa shape index (κ1) is 15.2. The summed E-state index contributed by atoms with van der Waals surface area (Å²) in [7, 11) is 3.69. The second-order valence-corrected chi connectivity index (χ2v) is 4.75. The molecule has 0 saturated heterocycles. The zero-order chi connectivity index (χ0) is 14.4. The molecule has 1 rings (SSSR count). The first-order chi connectivity index (χ1) is 8.93. The normalized spacial score (nSPS) is 11.5. The monoisotopic (exact) mass is 263 g/mol. The third kappa shape index (κ3) is 4.75. The van der Waals surface area contributed by atoms with Crippen molar-refractivity contribution in [3.63, 3.8) is 0 Å². The molecule has 0 aliphatic carbocycles. The highest BCUT2D eigenvalue weighted by molar-refractivity contribution is 5.85. The van der Waals surface area contributed by atoms with Crippen LogP contribution in [0.1, 0.15) is 25.0 Å². The van der Waals surface area contributed by atoms with Crippen molar-refractivity contribution in [2.45, 2.75) is 26.4 Å². The number of aliphatic carboxylic acids is 1. The van der Waals surface area contributed by atoms with E-state index in [0.29, 0.717) is 6.04 Å². The van der Waals surface area contributed by atoms with Gasteiger partial charge in [0.1, 0.15) is 5.75 Å². The van der Waals surface area contributed by atoms with Crippen LogP contribution in [-0.2, 0) is 11.3 Å². The molecule has 0 aromatic heterocycles. The molecule has 0 fully saturated rings. The van der Waals surface area contributed by atoms with Crippen LogP contribution < -0.4 is 4.74 Å². The molecule has 0 bridgehead atoms. The lowest BCUT2D eigenvalue weighted by Gasteiger charge is -2.22. The van der Waals surface area contributed by atoms with Crippen LogP contribution in [0.15, 0.2) is 24.3 Å². The van der Waals surface area contributed by atoms with Gasteiger partial charge in [0.15, 0.2) is 0 Å². The van der Waals surface area contributed by atoms with Gasteiger partial charge >= 0.3 is 5.97 Å². The summed E-state index contributed by atoms with van der Waals surface area (Å²) >= 11 is 0. The quantitative estimate of drug-likeness (QED) is 0.802. The van der Waals surface area contributed by atoms with E-state index in [1.807, 2.05) is 25.2 Å². The van der Waals surface area contributed by atoms with Crippen LogP contribution in [0.5, 0.6) is 5.75 Å². The Morgan fingerprint density at radius 1 is 1.47 bits per heavy atom. The fourth-order valence-corrected chi connectivity index (χ4v) is 1.64. The Hall–Kier alpha value is -1.81. The Bertz CT molecular complexity index is 466. The highest BCUT2D eigenvalue weighted by atomic mass is 16.5. The molecule has 4 heteroatoms. The second-order valence-electron chi connectivity index (χ2n) is 4.75. The lowest BCUT2D eigenvalue weighted by atomic mass is 10.1. The first-order valence-electron chi connectivity index (χ1n) is 6.22. The molecular formula is C15H21NO3. The van der Waals surface area contributed by atoms with Crippen molar-refractivity contribution in [2.75, 3.05) is 14.2 Å². The fraction of sp³-hybridized carbons (Fsp3) is 0.400. The van der Waals surface area contributed by atoms with Crippen LogP contribution >= 0.6 is 0 Å². The van der Waals surface area contributed by atoms with Crippen molar-refractivity contribution in [3.8, 4) is 5.75 Å². The summed E-state index contributed by atoms with van der Waals surface area (Å²) in [6, 6.07) is 6.10. The number of hydrogen-bond acceptors (Lipinski definition) is 3. The van der Waals surface area contributed by atoms with Crippen molar-refractivity contribution in [2.24, 2.45) is 0 Å². The third-order valence-corrected chi connectivity index (χ3v) is 3.02. The van der Waals surface area contributed by atoms with Gasteiger partial charge in [-0.2, -0.15) is 0 Å². The molecule has 4 nitrogen and oxygen atoms in total. The highest BCUT2D eigenvalue weighted by Gasteiger charge is 2.09. The Morgan fingerprint density at radius 2 is 2.16 bits per heavy atom. The molecule has 0 unspecified atom stereocenters. The van der Waals surface area contributed by atoms with E-state index in [1.54, 1.807) is 13.2 Å². The molecule has 0 amide bonds. The van der Waals surface area contributed by atoms with Crippen molar-refractivity contribution >= 4 is 12.0 Å². The molecule has 1 aromatic rings. The van der Waals surface area contributed by atoms with E-state index < -0.39 is 5.97 Å². The van der Waals surface area contributed by atoms with Crippen LogP contribution in [0.3, 0.4) is 0 Å². The molecular weight excluding hydrogens is 242 g/mol. The van der Waals surface area contributed by atoms with Crippen LogP contribution in [-0.4, -0.2) is 36.2 Å². The first-order valence-corrected chi connectivity index (χ1v) is 6.22. The van der Waals surface area contributed by atoms with Crippen molar-refractivity contribution in [1.82, 2.24) is 4.90 Å². The van der Waals surface area contributed by atoms with Crippen LogP contribution in [0.2, 0.25) is 0 Å². The number of carbonyl (C=O) groups is 1. The smallest absolute Gasteiger partial charge is 0.328 e. The number of benzene rings is 1. The van der Waals surface area contributed by atoms with E-state index in [-0.39, 0.29) is 0 Å². The number of ether oxygens (including phenoxy) is 1. The van der Waals surface area contributed by atoms with Crippen molar-refractivity contribution in [3.05, 3.63) is 35.4 Å². The summed E-state index contributed by atoms with van der Waals surface area (Å²) in [5, 5.41) is 8.64. The minimum Gasteiger partial charge on any atom is -0.496 e. The van der Waals surface area contributed by atoms with Gasteiger partial charge in [0, 0.05) is 24.2 Å². The van der Waals surface area contributed by atoms with E-state index in [0.717, 1.165) is 29.5 Å². The summed E-state index contributed by atoms with van der Waals surface area (Å²) in [6.07, 6.45) is 2.72. The van der Waals surface area contributed by atoms with Gasteiger partial charge in [0.2, 0.25) is 0 Å². The molecule has 0 aliphatic heterocycles. The summed E-state index contributed by atoms with van der Waals surface area (Å²) in [5.41, 5.74) is 1.90. The topological polar surface area (TPSA) is 49.8 Å². The lowest BCUT2D eigenvalue weighted by molar-refractivity contribution is -0.131. The Kier molecular flexibility index (Phi) is 5.57. The van der Waals surface area contributed by atoms with Gasteiger partial charge in [-0.15, -0.1) is 0 Å². The maximum Gasteiger partial charge on any atom is 0.328 e. The van der Waals surface area contributed by atoms with Crippen LogP contribution in [0, 0.1) is 0 Å². The molecule has 0 spiro atoms. The summed E-state index contributed by atoms with van der Waals surface area (Å²) in [4.78, 5) is 12.7. The molecule has 0 saturated carbocycles. The van der Waals surface area contributed by atoms with Crippen molar-refractivity contribution < 1.29 is 14.6 Å². The fourth-order valence-electron chi connectivity index (χ4n) is 1.64. The molecule has 19 heavy (non-hydrogen) atoms. The summed E-state index contributed by atoms with van der Waals surface area (Å²) in [6.45, 7) is 5.01. The number of carboxylic acids is 1. The second kappa shape index (κ2) is 6.95. The predicted octanol–water partition coefficient (Wildman–Crippen LogP) is 2.63. The van der Waals surface area contributed by atoms with E-state index >= 15 is 0 Å². The highest BCUT2D eigenvalue weighted by Crippen LogP contribution is 2.22. The molecule has 1 aromatic carbocycles. The molecule has 0 radical (unpaired) electrons. The minimum absolute atomic E-state index is 0.433. The van der Waals surface area contributed by atoms with Gasteiger partial charge in [-0.05, 0) is 44.7 Å². The number of carboxylic acid groups (broad SMARTS) is 1. The predicted molar refractivity (Wildman–Crippen MR) is 76.3 cm³/mol. The average molecular weight is 263 g/mol. The SMILES string of the molecule is COc1ccc(/C=C/C(=O)O)cc1CN(C)C(C)C. The Morgan fingerprint density at radius 3 is 2.68 bits per heavy atom. The Balaban J connectivity index is 2.99. The van der Waals surface area contributed by atoms with Gasteiger partial charge in [-0.1, -0.05) is 6.07 Å². The standard InChI is InChI=1S/C15H21NO3/c1-11(2)16(3)10-13-9-12(6-8-15(17)18)5-7-14(13)19-4/h5-9,11H,10H2,1-4H3,(H,17,18)/b8-6+. The zero-order valence-electron chi connectivity index (χ0n) is 11.9. The molecule has 104 valence electrons.